The first-order valence-corrected chi connectivity index (χ1v) is 9.06. The molecule has 0 bridgehead atoms. The minimum absolute atomic E-state index is 0.106. The summed E-state index contributed by atoms with van der Waals surface area (Å²) < 4.78 is 5.37. The number of anilines is 1. The molecule has 1 saturated heterocycles. The Morgan fingerprint density at radius 3 is 2.69 bits per heavy atom. The van der Waals surface area contributed by atoms with Gasteiger partial charge >= 0.3 is 0 Å². The van der Waals surface area contributed by atoms with Crippen molar-refractivity contribution < 1.29 is 14.1 Å². The molecule has 6 heteroatoms. The van der Waals surface area contributed by atoms with Crippen LogP contribution in [0.25, 0.3) is 0 Å². The van der Waals surface area contributed by atoms with Crippen molar-refractivity contribution in [2.45, 2.75) is 52.0 Å². The van der Waals surface area contributed by atoms with Crippen LogP contribution < -0.4 is 5.32 Å². The van der Waals surface area contributed by atoms with Gasteiger partial charge < -0.3 is 14.7 Å². The summed E-state index contributed by atoms with van der Waals surface area (Å²) in [6.07, 6.45) is 1.58. The molecule has 6 nitrogen and oxygen atoms in total. The third kappa shape index (κ3) is 4.12. The molecule has 0 saturated carbocycles. The van der Waals surface area contributed by atoms with E-state index in [1.807, 2.05) is 51.1 Å². The quantitative estimate of drug-likeness (QED) is 0.828. The second kappa shape index (κ2) is 7.72. The highest BCUT2D eigenvalue weighted by atomic mass is 16.5. The SMILES string of the molecule is Cc1ccc(NC(=O)CC(=O)N2CCC[C@H]2c2cc(C(C)C)on2)cc1. The monoisotopic (exact) mass is 355 g/mol. The molecule has 0 radical (unpaired) electrons. The number of nitrogens with zero attached hydrogens (tertiary/aromatic N) is 2. The van der Waals surface area contributed by atoms with E-state index < -0.39 is 0 Å². The molecule has 0 spiro atoms. The standard InChI is InChI=1S/C20H25N3O3/c1-13(2)18-11-16(22-26-18)17-5-4-10-23(17)20(25)12-19(24)21-15-8-6-14(3)7-9-15/h6-9,11,13,17H,4-5,10,12H2,1-3H3,(H,21,24)/t17-/m0/s1. The number of carbonyl (C=O) groups excluding carboxylic acids is 2. The number of hydrogen-bond acceptors (Lipinski definition) is 4. The summed E-state index contributed by atoms with van der Waals surface area (Å²) in [7, 11) is 0. The maximum Gasteiger partial charge on any atom is 0.233 e. The lowest BCUT2D eigenvalue weighted by Gasteiger charge is -2.22. The summed E-state index contributed by atoms with van der Waals surface area (Å²) in [5, 5.41) is 6.91. The van der Waals surface area contributed by atoms with Crippen molar-refractivity contribution in [2.75, 3.05) is 11.9 Å². The van der Waals surface area contributed by atoms with Gasteiger partial charge in [-0.05, 0) is 31.9 Å². The lowest BCUT2D eigenvalue weighted by Crippen LogP contribution is -2.33. The summed E-state index contributed by atoms with van der Waals surface area (Å²) in [5.41, 5.74) is 2.59. The van der Waals surface area contributed by atoms with Gasteiger partial charge in [0.15, 0.2) is 0 Å². The Morgan fingerprint density at radius 2 is 2.04 bits per heavy atom. The van der Waals surface area contributed by atoms with Crippen molar-refractivity contribution in [1.29, 1.82) is 0 Å². The molecule has 1 N–H and O–H groups in total. The number of nitrogens with one attached hydrogen (secondary N) is 1. The topological polar surface area (TPSA) is 75.4 Å². The van der Waals surface area contributed by atoms with Gasteiger partial charge in [0.1, 0.15) is 17.9 Å². The second-order valence-corrected chi connectivity index (χ2v) is 7.14. The smallest absolute Gasteiger partial charge is 0.233 e. The van der Waals surface area contributed by atoms with Crippen molar-refractivity contribution in [2.24, 2.45) is 0 Å². The number of hydrogen-bond donors (Lipinski definition) is 1. The molecule has 138 valence electrons. The molecule has 1 aliphatic heterocycles. The Hall–Kier alpha value is -2.63. The normalized spacial score (nSPS) is 16.9. The zero-order valence-corrected chi connectivity index (χ0v) is 15.5. The number of carbonyl (C=O) groups is 2. The number of benzene rings is 1. The molecule has 1 aliphatic rings. The number of amides is 2. The van der Waals surface area contributed by atoms with Gasteiger partial charge in [-0.15, -0.1) is 0 Å². The lowest BCUT2D eigenvalue weighted by atomic mass is 10.1. The Morgan fingerprint density at radius 1 is 1.31 bits per heavy atom. The Labute approximate surface area is 153 Å². The molecule has 3 rings (SSSR count). The van der Waals surface area contributed by atoms with Crippen molar-refractivity contribution in [3.63, 3.8) is 0 Å². The van der Waals surface area contributed by atoms with Crippen LogP contribution in [-0.4, -0.2) is 28.4 Å². The van der Waals surface area contributed by atoms with Crippen LogP contribution in [0.5, 0.6) is 0 Å². The molecule has 2 amide bonds. The van der Waals surface area contributed by atoms with Gasteiger partial charge in [0.25, 0.3) is 0 Å². The number of likely N-dealkylation sites (tertiary alicyclic amines) is 1. The van der Waals surface area contributed by atoms with Crippen LogP contribution >= 0.6 is 0 Å². The summed E-state index contributed by atoms with van der Waals surface area (Å²) in [5.74, 6) is 0.595. The van der Waals surface area contributed by atoms with E-state index in [0.29, 0.717) is 12.2 Å². The van der Waals surface area contributed by atoms with Crippen LogP contribution in [0.2, 0.25) is 0 Å². The molecular formula is C20H25N3O3. The van der Waals surface area contributed by atoms with Gasteiger partial charge in [0, 0.05) is 24.2 Å². The van der Waals surface area contributed by atoms with Gasteiger partial charge in [-0.1, -0.05) is 36.7 Å². The lowest BCUT2D eigenvalue weighted by molar-refractivity contribution is -0.135. The van der Waals surface area contributed by atoms with Gasteiger partial charge in [-0.3, -0.25) is 9.59 Å². The van der Waals surface area contributed by atoms with Crippen LogP contribution in [-0.2, 0) is 9.59 Å². The third-order valence-electron chi connectivity index (χ3n) is 4.68. The fourth-order valence-electron chi connectivity index (χ4n) is 3.19. The van der Waals surface area contributed by atoms with E-state index in [9.17, 15) is 9.59 Å². The Balaban J connectivity index is 1.62. The predicted molar refractivity (Wildman–Crippen MR) is 98.7 cm³/mol. The maximum absolute atomic E-state index is 12.6. The summed E-state index contributed by atoms with van der Waals surface area (Å²) in [4.78, 5) is 26.6. The van der Waals surface area contributed by atoms with E-state index in [4.69, 9.17) is 4.52 Å². The average Bonchev–Trinajstić information content (AvgIpc) is 3.25. The average molecular weight is 355 g/mol. The van der Waals surface area contributed by atoms with Crippen molar-refractivity contribution in [1.82, 2.24) is 10.1 Å². The van der Waals surface area contributed by atoms with Crippen LogP contribution in [0.4, 0.5) is 5.69 Å². The number of aryl methyl sites for hydroxylation is 1. The fraction of sp³-hybridized carbons (Fsp3) is 0.450. The van der Waals surface area contributed by atoms with Gasteiger partial charge in [-0.25, -0.2) is 0 Å². The molecule has 2 aromatic rings. The molecule has 26 heavy (non-hydrogen) atoms. The van der Waals surface area contributed by atoms with Gasteiger partial charge in [-0.2, -0.15) is 0 Å². The van der Waals surface area contributed by atoms with Crippen molar-refractivity contribution in [3.8, 4) is 0 Å². The largest absolute Gasteiger partial charge is 0.361 e. The first-order valence-electron chi connectivity index (χ1n) is 9.06. The zero-order chi connectivity index (χ0) is 18.7. The number of rotatable bonds is 5. The Bertz CT molecular complexity index is 780. The highest BCUT2D eigenvalue weighted by Gasteiger charge is 2.33. The van der Waals surface area contributed by atoms with E-state index in [2.05, 4.69) is 10.5 Å². The van der Waals surface area contributed by atoms with Crippen LogP contribution in [0.15, 0.2) is 34.9 Å². The molecule has 1 aromatic carbocycles. The van der Waals surface area contributed by atoms with E-state index in [1.54, 1.807) is 4.90 Å². The molecule has 0 aliphatic carbocycles. The van der Waals surface area contributed by atoms with Crippen LogP contribution in [0.1, 0.15) is 62.1 Å². The minimum Gasteiger partial charge on any atom is -0.361 e. The molecule has 0 unspecified atom stereocenters. The van der Waals surface area contributed by atoms with Gasteiger partial charge in [0.05, 0.1) is 6.04 Å². The molecular weight excluding hydrogens is 330 g/mol. The first-order chi connectivity index (χ1) is 12.4. The fourth-order valence-corrected chi connectivity index (χ4v) is 3.19. The maximum atomic E-state index is 12.6. The molecule has 1 fully saturated rings. The molecule has 2 heterocycles. The van der Waals surface area contributed by atoms with E-state index in [-0.39, 0.29) is 30.2 Å². The van der Waals surface area contributed by atoms with Crippen molar-refractivity contribution in [3.05, 3.63) is 47.3 Å². The first kappa shape index (κ1) is 18.2. The van der Waals surface area contributed by atoms with Crippen LogP contribution in [0, 0.1) is 6.92 Å². The summed E-state index contributed by atoms with van der Waals surface area (Å²) in [6, 6.07) is 9.33. The van der Waals surface area contributed by atoms with Crippen molar-refractivity contribution >= 4 is 17.5 Å². The molecule has 1 atom stereocenters. The van der Waals surface area contributed by atoms with E-state index in [1.165, 1.54) is 0 Å². The minimum atomic E-state index is -0.299. The van der Waals surface area contributed by atoms with Gasteiger partial charge in [0.2, 0.25) is 11.8 Å². The zero-order valence-electron chi connectivity index (χ0n) is 15.5. The highest BCUT2D eigenvalue weighted by Crippen LogP contribution is 2.33. The number of aromatic nitrogens is 1. The highest BCUT2D eigenvalue weighted by molar-refractivity contribution is 6.03. The summed E-state index contributed by atoms with van der Waals surface area (Å²) >= 11 is 0. The summed E-state index contributed by atoms with van der Waals surface area (Å²) in [6.45, 7) is 6.71. The third-order valence-corrected chi connectivity index (χ3v) is 4.68. The Kier molecular flexibility index (Phi) is 5.40. The molecule has 1 aromatic heterocycles. The van der Waals surface area contributed by atoms with E-state index >= 15 is 0 Å². The van der Waals surface area contributed by atoms with Crippen LogP contribution in [0.3, 0.4) is 0 Å². The second-order valence-electron chi connectivity index (χ2n) is 7.14. The predicted octanol–water partition coefficient (Wildman–Crippen LogP) is 3.80. The van der Waals surface area contributed by atoms with E-state index in [0.717, 1.165) is 29.9 Å².